The molecule has 0 aliphatic heterocycles. The summed E-state index contributed by atoms with van der Waals surface area (Å²) in [6.07, 6.45) is 2.06. The van der Waals surface area contributed by atoms with Gasteiger partial charge in [0.05, 0.1) is 11.1 Å². The molecule has 10 heteroatoms. The van der Waals surface area contributed by atoms with E-state index in [2.05, 4.69) is 11.2 Å². The summed E-state index contributed by atoms with van der Waals surface area (Å²) in [5, 5.41) is 3.01. The fourth-order valence-corrected chi connectivity index (χ4v) is 4.73. The maximum atomic E-state index is 13.8. The highest BCUT2D eigenvalue weighted by atomic mass is 19.4. The predicted octanol–water partition coefficient (Wildman–Crippen LogP) is 7.18. The highest BCUT2D eigenvalue weighted by molar-refractivity contribution is 5.98. The fourth-order valence-electron chi connectivity index (χ4n) is 4.73. The zero-order valence-corrected chi connectivity index (χ0v) is 24.6. The van der Waals surface area contributed by atoms with Crippen molar-refractivity contribution in [3.05, 3.63) is 106 Å². The first-order valence-corrected chi connectivity index (χ1v) is 14.4. The van der Waals surface area contributed by atoms with Crippen LogP contribution in [0.2, 0.25) is 0 Å². The van der Waals surface area contributed by atoms with Crippen LogP contribution in [-0.4, -0.2) is 42.5 Å². The Balaban J connectivity index is 1.81. The molecule has 0 saturated carbocycles. The van der Waals surface area contributed by atoms with Crippen molar-refractivity contribution in [3.8, 4) is 12.3 Å². The van der Waals surface area contributed by atoms with Gasteiger partial charge < -0.3 is 15.0 Å². The fraction of sp³-hybridized carbons (Fsp3) is 0.353. The maximum absolute atomic E-state index is 13.8. The molecular formula is C34H35F5N2O3. The molecule has 1 N–H and O–H groups in total. The van der Waals surface area contributed by atoms with Gasteiger partial charge in [0.25, 0.3) is 5.91 Å². The van der Waals surface area contributed by atoms with Crippen LogP contribution in [-0.2, 0) is 23.9 Å². The number of amides is 1. The predicted molar refractivity (Wildman–Crippen MR) is 158 cm³/mol. The third kappa shape index (κ3) is 10.2. The summed E-state index contributed by atoms with van der Waals surface area (Å²) in [6, 6.07) is 12.3. The first kappa shape index (κ1) is 34.3. The number of aryl methyl sites for hydroxylation is 1. The average molecular weight is 615 g/mol. The zero-order valence-electron chi connectivity index (χ0n) is 24.6. The van der Waals surface area contributed by atoms with Gasteiger partial charge in [0, 0.05) is 43.4 Å². The molecule has 0 bridgehead atoms. The molecule has 0 fully saturated rings. The van der Waals surface area contributed by atoms with Crippen LogP contribution in [0.15, 0.2) is 60.7 Å². The first-order valence-electron chi connectivity index (χ1n) is 14.4. The van der Waals surface area contributed by atoms with Crippen LogP contribution in [0, 0.1) is 24.0 Å². The molecule has 0 aliphatic carbocycles. The Bertz CT molecular complexity index is 1460. The number of alkyl halides is 3. The van der Waals surface area contributed by atoms with Gasteiger partial charge in [0.15, 0.2) is 0 Å². The lowest BCUT2D eigenvalue weighted by Crippen LogP contribution is -2.33. The quantitative estimate of drug-likeness (QED) is 0.119. The molecule has 1 amide bonds. The molecule has 44 heavy (non-hydrogen) atoms. The summed E-state index contributed by atoms with van der Waals surface area (Å²) in [7, 11) is 0. The van der Waals surface area contributed by atoms with E-state index >= 15 is 0 Å². The number of benzene rings is 3. The number of hydrogen-bond acceptors (Lipinski definition) is 4. The molecule has 3 aromatic carbocycles. The van der Waals surface area contributed by atoms with E-state index in [1.165, 1.54) is 42.5 Å². The normalized spacial score (nSPS) is 12.0. The van der Waals surface area contributed by atoms with E-state index in [-0.39, 0.29) is 43.0 Å². The summed E-state index contributed by atoms with van der Waals surface area (Å²) in [6.45, 7) is 5.05. The lowest BCUT2D eigenvalue weighted by molar-refractivity contribution is -0.137. The maximum Gasteiger partial charge on any atom is 0.416 e. The Morgan fingerprint density at radius 2 is 1.59 bits per heavy atom. The zero-order chi connectivity index (χ0) is 32.3. The van der Waals surface area contributed by atoms with E-state index < -0.39 is 35.4 Å². The number of carbonyl (C=O) groups excluding carboxylic acids is 2. The second-order valence-electron chi connectivity index (χ2n) is 10.4. The standard InChI is InChI=1S/C34H35F5N2O3/c1-4-12-41(13-5-2)32(42)26-14-23(6-3)15-27(19-26)33(43)44-31(11-10-24-17-29(35)20-30(36)18-24)22-40-21-25-8-7-9-28(16-25)34(37,38)39/h3,7-9,14-20,31,40H,4-5,10-13,21-22H2,1-2H3. The van der Waals surface area contributed by atoms with E-state index in [0.29, 0.717) is 29.8 Å². The summed E-state index contributed by atoms with van der Waals surface area (Å²) in [5.74, 6) is -0.0882. The monoisotopic (exact) mass is 614 g/mol. The van der Waals surface area contributed by atoms with E-state index in [1.54, 1.807) is 4.90 Å². The largest absolute Gasteiger partial charge is 0.457 e. The second-order valence-corrected chi connectivity index (χ2v) is 10.4. The number of hydrogen-bond donors (Lipinski definition) is 1. The number of ether oxygens (including phenoxy) is 1. The average Bonchev–Trinajstić information content (AvgIpc) is 2.98. The Morgan fingerprint density at radius 3 is 2.20 bits per heavy atom. The first-order chi connectivity index (χ1) is 20.9. The number of rotatable bonds is 14. The van der Waals surface area contributed by atoms with Gasteiger partial charge in [-0.05, 0) is 73.2 Å². The van der Waals surface area contributed by atoms with Crippen LogP contribution in [0.25, 0.3) is 0 Å². The minimum absolute atomic E-state index is 0.0289. The number of halogens is 5. The van der Waals surface area contributed by atoms with Crippen LogP contribution in [0.4, 0.5) is 22.0 Å². The molecular weight excluding hydrogens is 579 g/mol. The van der Waals surface area contributed by atoms with Gasteiger partial charge in [-0.3, -0.25) is 4.79 Å². The number of terminal acetylenes is 1. The molecule has 5 nitrogen and oxygen atoms in total. The number of carbonyl (C=O) groups is 2. The van der Waals surface area contributed by atoms with Crippen molar-refractivity contribution in [2.45, 2.75) is 58.4 Å². The molecule has 3 aromatic rings. The van der Waals surface area contributed by atoms with Gasteiger partial charge in [-0.25, -0.2) is 13.6 Å². The van der Waals surface area contributed by atoms with Gasteiger partial charge in [-0.2, -0.15) is 13.2 Å². The highest BCUT2D eigenvalue weighted by Gasteiger charge is 2.30. The smallest absolute Gasteiger partial charge is 0.416 e. The van der Waals surface area contributed by atoms with E-state index in [4.69, 9.17) is 11.2 Å². The number of esters is 1. The third-order valence-electron chi connectivity index (χ3n) is 6.76. The lowest BCUT2D eigenvalue weighted by atomic mass is 10.0. The van der Waals surface area contributed by atoms with Crippen molar-refractivity contribution >= 4 is 11.9 Å². The summed E-state index contributed by atoms with van der Waals surface area (Å²) in [4.78, 5) is 28.3. The van der Waals surface area contributed by atoms with Gasteiger partial charge in [0.1, 0.15) is 17.7 Å². The third-order valence-corrected chi connectivity index (χ3v) is 6.76. The second kappa shape index (κ2) is 16.0. The molecule has 0 heterocycles. The molecule has 0 radical (unpaired) electrons. The summed E-state index contributed by atoms with van der Waals surface area (Å²) < 4.78 is 72.7. The Morgan fingerprint density at radius 1 is 0.932 bits per heavy atom. The lowest BCUT2D eigenvalue weighted by Gasteiger charge is -2.22. The van der Waals surface area contributed by atoms with E-state index in [1.807, 2.05) is 13.8 Å². The Labute approximate surface area is 254 Å². The van der Waals surface area contributed by atoms with Gasteiger partial charge in [0.2, 0.25) is 0 Å². The minimum atomic E-state index is -4.49. The molecule has 1 atom stereocenters. The molecule has 0 spiro atoms. The van der Waals surface area contributed by atoms with Crippen LogP contribution in [0.3, 0.4) is 0 Å². The molecule has 1 unspecified atom stereocenters. The van der Waals surface area contributed by atoms with Crippen molar-refractivity contribution in [3.63, 3.8) is 0 Å². The van der Waals surface area contributed by atoms with Crippen LogP contribution < -0.4 is 5.32 Å². The minimum Gasteiger partial charge on any atom is -0.457 e. The number of nitrogens with one attached hydrogen (secondary N) is 1. The van der Waals surface area contributed by atoms with Gasteiger partial charge in [-0.15, -0.1) is 6.42 Å². The summed E-state index contributed by atoms with van der Waals surface area (Å²) in [5.41, 5.74) is 0.523. The van der Waals surface area contributed by atoms with Crippen LogP contribution in [0.5, 0.6) is 0 Å². The summed E-state index contributed by atoms with van der Waals surface area (Å²) >= 11 is 0. The number of nitrogens with zero attached hydrogens (tertiary/aromatic N) is 1. The van der Waals surface area contributed by atoms with Crippen molar-refractivity contribution in [2.24, 2.45) is 0 Å². The highest BCUT2D eigenvalue weighted by Crippen LogP contribution is 2.29. The Kier molecular flexibility index (Phi) is 12.5. The Hall–Kier alpha value is -4.23. The van der Waals surface area contributed by atoms with Crippen molar-refractivity contribution in [1.82, 2.24) is 10.2 Å². The molecule has 3 rings (SSSR count). The molecule has 0 aliphatic rings. The SMILES string of the molecule is C#Cc1cc(C(=O)OC(CCc2cc(F)cc(F)c2)CNCc2cccc(C(F)(F)F)c2)cc(C(=O)N(CCC)CCC)c1. The molecule has 0 saturated heterocycles. The van der Waals surface area contributed by atoms with Gasteiger partial charge in [-0.1, -0.05) is 38.0 Å². The van der Waals surface area contributed by atoms with Gasteiger partial charge >= 0.3 is 12.1 Å². The van der Waals surface area contributed by atoms with Crippen LogP contribution >= 0.6 is 0 Å². The molecule has 234 valence electrons. The van der Waals surface area contributed by atoms with Crippen molar-refractivity contribution in [1.29, 1.82) is 0 Å². The van der Waals surface area contributed by atoms with Crippen LogP contribution in [0.1, 0.15) is 76.1 Å². The van der Waals surface area contributed by atoms with Crippen molar-refractivity contribution < 1.29 is 36.3 Å². The van der Waals surface area contributed by atoms with E-state index in [9.17, 15) is 31.5 Å². The van der Waals surface area contributed by atoms with E-state index in [0.717, 1.165) is 31.0 Å². The molecule has 0 aromatic heterocycles. The topological polar surface area (TPSA) is 58.6 Å². The van der Waals surface area contributed by atoms with Crippen molar-refractivity contribution in [2.75, 3.05) is 19.6 Å².